The lowest BCUT2D eigenvalue weighted by Gasteiger charge is -2.29. The van der Waals surface area contributed by atoms with Crippen LogP contribution in [0.3, 0.4) is 0 Å². The number of benzene rings is 1. The molecule has 1 atom stereocenters. The molecule has 0 radical (unpaired) electrons. The van der Waals surface area contributed by atoms with E-state index in [4.69, 9.17) is 0 Å². The first-order valence-corrected chi connectivity index (χ1v) is 11.9. The third kappa shape index (κ3) is 4.44. The van der Waals surface area contributed by atoms with Gasteiger partial charge in [-0.15, -0.1) is 5.54 Å². The maximum absolute atomic E-state index is 14.9. The van der Waals surface area contributed by atoms with E-state index in [1.165, 1.54) is 12.8 Å². The van der Waals surface area contributed by atoms with Gasteiger partial charge in [0.1, 0.15) is 13.9 Å². The van der Waals surface area contributed by atoms with Gasteiger partial charge in [-0.3, -0.25) is 4.90 Å². The van der Waals surface area contributed by atoms with Crippen LogP contribution in [-0.4, -0.2) is 25.6 Å². The third-order valence-electron chi connectivity index (χ3n) is 4.05. The first-order chi connectivity index (χ1) is 10.3. The lowest BCUT2D eigenvalue weighted by Crippen LogP contribution is -2.30. The Morgan fingerprint density at radius 3 is 2.55 bits per heavy atom. The zero-order chi connectivity index (χ0) is 16.3. The fourth-order valence-electron chi connectivity index (χ4n) is 2.76. The maximum atomic E-state index is 14.9. The Labute approximate surface area is 135 Å². The van der Waals surface area contributed by atoms with Crippen LogP contribution in [0, 0.1) is 17.3 Å². The number of halogens is 1. The summed E-state index contributed by atoms with van der Waals surface area (Å²) < 4.78 is 14.9. The zero-order valence-electron chi connectivity index (χ0n) is 14.5. The van der Waals surface area contributed by atoms with Crippen molar-refractivity contribution in [3.8, 4) is 11.5 Å². The van der Waals surface area contributed by atoms with Crippen molar-refractivity contribution in [1.82, 2.24) is 4.90 Å². The Hall–Kier alpha value is -1.11. The van der Waals surface area contributed by atoms with Crippen LogP contribution in [0.4, 0.5) is 4.39 Å². The first kappa shape index (κ1) is 17.2. The second kappa shape index (κ2) is 6.98. The first-order valence-electron chi connectivity index (χ1n) is 8.41. The number of hydrogen-bond donors (Lipinski definition) is 0. The molecule has 1 aliphatic rings. The average molecular weight is 318 g/mol. The topological polar surface area (TPSA) is 3.24 Å². The molecule has 0 saturated heterocycles. The molecule has 0 N–H and O–H groups in total. The quantitative estimate of drug-likeness (QED) is 0.546. The minimum Gasteiger partial charge on any atom is -0.294 e. The van der Waals surface area contributed by atoms with Crippen molar-refractivity contribution in [3.05, 3.63) is 35.1 Å². The van der Waals surface area contributed by atoms with Crippen LogP contribution in [0.2, 0.25) is 19.6 Å². The van der Waals surface area contributed by atoms with Crippen molar-refractivity contribution >= 4 is 8.07 Å². The zero-order valence-corrected chi connectivity index (χ0v) is 15.5. The van der Waals surface area contributed by atoms with Gasteiger partial charge in [0.2, 0.25) is 0 Å². The van der Waals surface area contributed by atoms with Gasteiger partial charge in [0.15, 0.2) is 0 Å². The Morgan fingerprint density at radius 1 is 1.32 bits per heavy atom. The van der Waals surface area contributed by atoms with E-state index >= 15 is 0 Å². The Bertz CT molecular complexity index is 575. The summed E-state index contributed by atoms with van der Waals surface area (Å²) in [6, 6.07) is 6.44. The molecule has 0 heterocycles. The standard InChI is InChI=1S/C19H28FNSi/c1-6-13-21(17-10-11-17)15(2)18-9-7-8-16(19(18)20)12-14-22(3,4)5/h7-9,15,17H,6,10-11,13H2,1-5H3. The van der Waals surface area contributed by atoms with Gasteiger partial charge >= 0.3 is 0 Å². The molecule has 3 heteroatoms. The van der Waals surface area contributed by atoms with Crippen molar-refractivity contribution in [2.75, 3.05) is 6.54 Å². The maximum Gasteiger partial charge on any atom is 0.143 e. The van der Waals surface area contributed by atoms with Gasteiger partial charge in [0.05, 0.1) is 5.56 Å². The summed E-state index contributed by atoms with van der Waals surface area (Å²) in [6.45, 7) is 11.9. The number of rotatable bonds is 5. The normalized spacial score (nSPS) is 16.3. The molecular formula is C19H28FNSi. The van der Waals surface area contributed by atoms with E-state index in [0.717, 1.165) is 18.5 Å². The molecule has 1 unspecified atom stereocenters. The molecule has 1 saturated carbocycles. The number of hydrogen-bond acceptors (Lipinski definition) is 1. The van der Waals surface area contributed by atoms with Crippen LogP contribution >= 0.6 is 0 Å². The molecule has 1 aromatic rings. The summed E-state index contributed by atoms with van der Waals surface area (Å²) in [5, 5.41) is 0. The lowest BCUT2D eigenvalue weighted by atomic mass is 10.0. The van der Waals surface area contributed by atoms with Gasteiger partial charge in [-0.05, 0) is 38.8 Å². The van der Waals surface area contributed by atoms with E-state index in [1.807, 2.05) is 12.1 Å². The molecule has 1 fully saturated rings. The summed E-state index contributed by atoms with van der Waals surface area (Å²) >= 11 is 0. The van der Waals surface area contributed by atoms with Crippen LogP contribution in [0.25, 0.3) is 0 Å². The smallest absolute Gasteiger partial charge is 0.143 e. The highest BCUT2D eigenvalue weighted by Crippen LogP contribution is 2.35. The van der Waals surface area contributed by atoms with Crippen molar-refractivity contribution in [1.29, 1.82) is 0 Å². The summed E-state index contributed by atoms with van der Waals surface area (Å²) in [6.07, 6.45) is 3.61. The predicted molar refractivity (Wildman–Crippen MR) is 95.1 cm³/mol. The monoisotopic (exact) mass is 317 g/mol. The van der Waals surface area contributed by atoms with Crippen molar-refractivity contribution in [2.45, 2.75) is 64.8 Å². The Kier molecular flexibility index (Phi) is 5.47. The summed E-state index contributed by atoms with van der Waals surface area (Å²) in [7, 11) is -1.49. The largest absolute Gasteiger partial charge is 0.294 e. The summed E-state index contributed by atoms with van der Waals surface area (Å²) in [5.74, 6) is 2.96. The molecule has 120 valence electrons. The SMILES string of the molecule is CCCN(C1CC1)C(C)c1cccc(C#C[Si](C)(C)C)c1F. The van der Waals surface area contributed by atoms with Gasteiger partial charge in [-0.1, -0.05) is 44.6 Å². The van der Waals surface area contributed by atoms with Gasteiger partial charge < -0.3 is 0 Å². The average Bonchev–Trinajstić information content (AvgIpc) is 3.26. The van der Waals surface area contributed by atoms with Crippen LogP contribution in [-0.2, 0) is 0 Å². The molecule has 0 aromatic heterocycles. The molecule has 1 aromatic carbocycles. The molecular weight excluding hydrogens is 289 g/mol. The Morgan fingerprint density at radius 2 is 2.00 bits per heavy atom. The second-order valence-electron chi connectivity index (χ2n) is 7.35. The summed E-state index contributed by atoms with van der Waals surface area (Å²) in [4.78, 5) is 2.45. The van der Waals surface area contributed by atoms with Crippen LogP contribution in [0.15, 0.2) is 18.2 Å². The Balaban J connectivity index is 2.28. The molecule has 0 aliphatic heterocycles. The molecule has 22 heavy (non-hydrogen) atoms. The fourth-order valence-corrected chi connectivity index (χ4v) is 3.27. The third-order valence-corrected chi connectivity index (χ3v) is 4.92. The fraction of sp³-hybridized carbons (Fsp3) is 0.579. The van der Waals surface area contributed by atoms with Crippen LogP contribution in [0.1, 0.15) is 50.3 Å². The van der Waals surface area contributed by atoms with Crippen molar-refractivity contribution in [3.63, 3.8) is 0 Å². The van der Waals surface area contributed by atoms with Gasteiger partial charge in [-0.2, -0.15) is 0 Å². The van der Waals surface area contributed by atoms with Crippen molar-refractivity contribution in [2.24, 2.45) is 0 Å². The van der Waals surface area contributed by atoms with E-state index in [-0.39, 0.29) is 11.9 Å². The van der Waals surface area contributed by atoms with E-state index < -0.39 is 8.07 Å². The second-order valence-corrected chi connectivity index (χ2v) is 12.1. The van der Waals surface area contributed by atoms with Gasteiger partial charge in [0.25, 0.3) is 0 Å². The van der Waals surface area contributed by atoms with Gasteiger partial charge in [-0.25, -0.2) is 4.39 Å². The molecule has 1 aliphatic carbocycles. The summed E-state index contributed by atoms with van der Waals surface area (Å²) in [5.41, 5.74) is 4.62. The van der Waals surface area contributed by atoms with E-state index in [1.54, 1.807) is 6.07 Å². The van der Waals surface area contributed by atoms with Crippen molar-refractivity contribution < 1.29 is 4.39 Å². The van der Waals surface area contributed by atoms with Crippen LogP contribution < -0.4 is 0 Å². The minimum atomic E-state index is -1.49. The molecule has 1 nitrogen and oxygen atoms in total. The highest BCUT2D eigenvalue weighted by atomic mass is 28.3. The minimum absolute atomic E-state index is 0.123. The van der Waals surface area contributed by atoms with E-state index in [2.05, 4.69) is 49.9 Å². The predicted octanol–water partition coefficient (Wildman–Crippen LogP) is 4.99. The van der Waals surface area contributed by atoms with Gasteiger partial charge in [0, 0.05) is 17.6 Å². The molecule has 2 rings (SSSR count). The molecule has 0 bridgehead atoms. The van der Waals surface area contributed by atoms with Crippen LogP contribution in [0.5, 0.6) is 0 Å². The van der Waals surface area contributed by atoms with E-state index in [0.29, 0.717) is 11.6 Å². The molecule has 0 spiro atoms. The van der Waals surface area contributed by atoms with E-state index in [9.17, 15) is 4.39 Å². The highest BCUT2D eigenvalue weighted by molar-refractivity contribution is 6.83. The molecule has 0 amide bonds. The number of nitrogens with zero attached hydrogens (tertiary/aromatic N) is 1. The lowest BCUT2D eigenvalue weighted by molar-refractivity contribution is 0.196. The highest BCUT2D eigenvalue weighted by Gasteiger charge is 2.33.